The normalized spacial score (nSPS) is 10.2. The molecule has 0 radical (unpaired) electrons. The van der Waals surface area contributed by atoms with Gasteiger partial charge in [-0.1, -0.05) is 6.07 Å². The maximum Gasteiger partial charge on any atom is 0.339 e. The smallest absolute Gasteiger partial charge is 0.339 e. The Morgan fingerprint density at radius 3 is 2.56 bits per heavy atom. The van der Waals surface area contributed by atoms with Crippen LogP contribution in [0.25, 0.3) is 0 Å². The van der Waals surface area contributed by atoms with E-state index in [1.54, 1.807) is 30.3 Å². The molecule has 1 aromatic heterocycles. The first-order valence-electron chi connectivity index (χ1n) is 8.22. The number of methoxy groups -OCH3 is 1. The number of anilines is 1. The summed E-state index contributed by atoms with van der Waals surface area (Å²) in [5, 5.41) is 2.68. The predicted molar refractivity (Wildman–Crippen MR) is 103 cm³/mol. The Kier molecular flexibility index (Phi) is 6.95. The van der Waals surface area contributed by atoms with E-state index in [2.05, 4.69) is 5.32 Å². The molecule has 2 rings (SSSR count). The van der Waals surface area contributed by atoms with Gasteiger partial charge in [-0.2, -0.15) is 0 Å². The Morgan fingerprint density at radius 2 is 1.93 bits per heavy atom. The summed E-state index contributed by atoms with van der Waals surface area (Å²) in [6.07, 6.45) is 0. The van der Waals surface area contributed by atoms with E-state index in [0.29, 0.717) is 17.0 Å². The SMILES string of the molecule is COc1cccc(NC(=O)CN(C)C(=O)COC(=O)c2cc(C)sc2C)c1. The van der Waals surface area contributed by atoms with E-state index in [1.807, 2.05) is 13.8 Å². The van der Waals surface area contributed by atoms with Gasteiger partial charge < -0.3 is 19.7 Å². The summed E-state index contributed by atoms with van der Waals surface area (Å²) in [5.74, 6) is -0.758. The monoisotopic (exact) mass is 390 g/mol. The Bertz CT molecular complexity index is 846. The molecular formula is C19H22N2O5S. The summed E-state index contributed by atoms with van der Waals surface area (Å²) < 4.78 is 10.2. The maximum absolute atomic E-state index is 12.1. The number of ether oxygens (including phenoxy) is 2. The molecule has 0 fully saturated rings. The molecule has 27 heavy (non-hydrogen) atoms. The van der Waals surface area contributed by atoms with Crippen molar-refractivity contribution in [2.24, 2.45) is 0 Å². The summed E-state index contributed by atoms with van der Waals surface area (Å²) >= 11 is 1.49. The lowest BCUT2D eigenvalue weighted by molar-refractivity contribution is -0.136. The first-order chi connectivity index (χ1) is 12.8. The second-order valence-corrected chi connectivity index (χ2v) is 7.39. The Morgan fingerprint density at radius 1 is 1.19 bits per heavy atom. The zero-order valence-electron chi connectivity index (χ0n) is 15.7. The zero-order chi connectivity index (χ0) is 20.0. The number of rotatable bonds is 7. The fourth-order valence-electron chi connectivity index (χ4n) is 2.35. The van der Waals surface area contributed by atoms with Crippen LogP contribution in [0, 0.1) is 13.8 Å². The lowest BCUT2D eigenvalue weighted by Gasteiger charge is -2.17. The molecule has 144 valence electrons. The highest BCUT2D eigenvalue weighted by Crippen LogP contribution is 2.21. The third-order valence-corrected chi connectivity index (χ3v) is 4.71. The number of hydrogen-bond donors (Lipinski definition) is 1. The summed E-state index contributed by atoms with van der Waals surface area (Å²) in [6, 6.07) is 8.63. The number of hydrogen-bond acceptors (Lipinski definition) is 6. The van der Waals surface area contributed by atoms with E-state index in [-0.39, 0.29) is 12.5 Å². The van der Waals surface area contributed by atoms with Crippen molar-refractivity contribution >= 4 is 34.8 Å². The molecule has 2 aromatic rings. The van der Waals surface area contributed by atoms with E-state index in [1.165, 1.54) is 30.4 Å². The van der Waals surface area contributed by atoms with Gasteiger partial charge in [0.1, 0.15) is 5.75 Å². The number of thiophene rings is 1. The average Bonchev–Trinajstić information content (AvgIpc) is 2.97. The number of likely N-dealkylation sites (N-methyl/N-ethyl adjacent to an activating group) is 1. The summed E-state index contributed by atoms with van der Waals surface area (Å²) in [4.78, 5) is 39.3. The highest BCUT2D eigenvalue weighted by Gasteiger charge is 2.18. The second kappa shape index (κ2) is 9.18. The third-order valence-electron chi connectivity index (χ3n) is 3.75. The Hall–Kier alpha value is -2.87. The molecule has 1 aromatic carbocycles. The molecule has 0 aliphatic heterocycles. The molecule has 0 saturated heterocycles. The number of amides is 2. The Labute approximate surface area is 161 Å². The van der Waals surface area contributed by atoms with Crippen molar-refractivity contribution in [2.45, 2.75) is 13.8 Å². The number of benzene rings is 1. The van der Waals surface area contributed by atoms with Gasteiger partial charge in [-0.3, -0.25) is 9.59 Å². The summed E-state index contributed by atoms with van der Waals surface area (Å²) in [6.45, 7) is 3.14. The van der Waals surface area contributed by atoms with Gasteiger partial charge in [-0.25, -0.2) is 4.79 Å². The van der Waals surface area contributed by atoms with Crippen LogP contribution in [0.5, 0.6) is 5.75 Å². The summed E-state index contributed by atoms with van der Waals surface area (Å²) in [5.41, 5.74) is 1.03. The van der Waals surface area contributed by atoms with Gasteiger partial charge in [0.05, 0.1) is 19.2 Å². The van der Waals surface area contributed by atoms with E-state index < -0.39 is 18.5 Å². The van der Waals surface area contributed by atoms with Crippen molar-refractivity contribution < 1.29 is 23.9 Å². The highest BCUT2D eigenvalue weighted by atomic mass is 32.1. The van der Waals surface area contributed by atoms with Crippen molar-refractivity contribution in [3.63, 3.8) is 0 Å². The maximum atomic E-state index is 12.1. The summed E-state index contributed by atoms with van der Waals surface area (Å²) in [7, 11) is 3.01. The van der Waals surface area contributed by atoms with Crippen LogP contribution in [0.15, 0.2) is 30.3 Å². The first kappa shape index (κ1) is 20.4. The number of carbonyl (C=O) groups excluding carboxylic acids is 3. The van der Waals surface area contributed by atoms with Gasteiger partial charge >= 0.3 is 5.97 Å². The molecule has 8 heteroatoms. The van der Waals surface area contributed by atoms with Gasteiger partial charge in [0.25, 0.3) is 5.91 Å². The van der Waals surface area contributed by atoms with Crippen molar-refractivity contribution in [3.8, 4) is 5.75 Å². The minimum Gasteiger partial charge on any atom is -0.497 e. The molecule has 0 atom stereocenters. The minimum atomic E-state index is -0.542. The van der Waals surface area contributed by atoms with Crippen LogP contribution in [-0.4, -0.2) is 50.0 Å². The number of carbonyl (C=O) groups is 3. The molecule has 0 unspecified atom stereocenters. The van der Waals surface area contributed by atoms with Crippen LogP contribution in [0.1, 0.15) is 20.1 Å². The van der Waals surface area contributed by atoms with Gasteiger partial charge in [-0.15, -0.1) is 11.3 Å². The van der Waals surface area contributed by atoms with Gasteiger partial charge in [-0.05, 0) is 32.0 Å². The van der Waals surface area contributed by atoms with Crippen LogP contribution in [0.3, 0.4) is 0 Å². The fourth-order valence-corrected chi connectivity index (χ4v) is 3.27. The van der Waals surface area contributed by atoms with Gasteiger partial charge in [0, 0.05) is 28.6 Å². The number of nitrogens with one attached hydrogen (secondary N) is 1. The largest absolute Gasteiger partial charge is 0.497 e. The lowest BCUT2D eigenvalue weighted by Crippen LogP contribution is -2.37. The molecule has 2 amide bonds. The van der Waals surface area contributed by atoms with E-state index in [4.69, 9.17) is 9.47 Å². The van der Waals surface area contributed by atoms with Crippen LogP contribution in [0.2, 0.25) is 0 Å². The molecular weight excluding hydrogens is 368 g/mol. The van der Waals surface area contributed by atoms with Crippen molar-refractivity contribution in [3.05, 3.63) is 45.6 Å². The molecule has 0 aliphatic carbocycles. The predicted octanol–water partition coefficient (Wildman–Crippen LogP) is 2.63. The molecule has 1 N–H and O–H groups in total. The third kappa shape index (κ3) is 5.82. The standard InChI is InChI=1S/C19H22N2O5S/c1-12-8-16(13(2)27-12)19(24)26-11-18(23)21(3)10-17(22)20-14-6-5-7-15(9-14)25-4/h5-9H,10-11H2,1-4H3,(H,20,22). The lowest BCUT2D eigenvalue weighted by atomic mass is 10.2. The Balaban J connectivity index is 1.83. The van der Waals surface area contributed by atoms with Crippen molar-refractivity contribution in [1.29, 1.82) is 0 Å². The molecule has 0 saturated carbocycles. The minimum absolute atomic E-state index is 0.163. The molecule has 0 bridgehead atoms. The van der Waals surface area contributed by atoms with Crippen LogP contribution in [-0.2, 0) is 14.3 Å². The topological polar surface area (TPSA) is 84.9 Å². The average molecular weight is 390 g/mol. The van der Waals surface area contributed by atoms with E-state index >= 15 is 0 Å². The van der Waals surface area contributed by atoms with Gasteiger partial charge in [0.15, 0.2) is 6.61 Å². The molecule has 0 spiro atoms. The van der Waals surface area contributed by atoms with Crippen LogP contribution in [0.4, 0.5) is 5.69 Å². The van der Waals surface area contributed by atoms with Crippen molar-refractivity contribution in [2.75, 3.05) is 32.6 Å². The van der Waals surface area contributed by atoms with Gasteiger partial charge in [0.2, 0.25) is 5.91 Å². The molecule has 0 aliphatic rings. The molecule has 1 heterocycles. The fraction of sp³-hybridized carbons (Fsp3) is 0.316. The number of esters is 1. The van der Waals surface area contributed by atoms with Crippen LogP contribution < -0.4 is 10.1 Å². The first-order valence-corrected chi connectivity index (χ1v) is 9.04. The van der Waals surface area contributed by atoms with E-state index in [0.717, 1.165) is 9.75 Å². The highest BCUT2D eigenvalue weighted by molar-refractivity contribution is 7.12. The van der Waals surface area contributed by atoms with Crippen LogP contribution >= 0.6 is 11.3 Å². The van der Waals surface area contributed by atoms with E-state index in [9.17, 15) is 14.4 Å². The van der Waals surface area contributed by atoms with Crippen molar-refractivity contribution in [1.82, 2.24) is 4.90 Å². The quantitative estimate of drug-likeness (QED) is 0.735. The second-order valence-electron chi connectivity index (χ2n) is 5.93. The zero-order valence-corrected chi connectivity index (χ0v) is 16.5. The number of nitrogens with zero attached hydrogens (tertiary/aromatic N) is 1. The number of aryl methyl sites for hydroxylation is 2. The molecule has 7 nitrogen and oxygen atoms in total.